The Morgan fingerprint density at radius 1 is 0.543 bits per heavy atom. The first-order chi connectivity index (χ1) is 17.2. The lowest BCUT2D eigenvalue weighted by Gasteiger charge is -2.11. The largest absolute Gasteiger partial charge is 0.324 e. The van der Waals surface area contributed by atoms with Crippen molar-refractivity contribution in [3.63, 3.8) is 0 Å². The lowest BCUT2D eigenvalue weighted by molar-refractivity contribution is 1.07. The third kappa shape index (κ3) is 4.17. The van der Waals surface area contributed by atoms with Gasteiger partial charge in [-0.1, -0.05) is 72.8 Å². The number of nitrogens with zero attached hydrogens (tertiary/aromatic N) is 4. The average Bonchev–Trinajstić information content (AvgIpc) is 2.93. The van der Waals surface area contributed by atoms with E-state index in [1.165, 1.54) is 0 Å². The van der Waals surface area contributed by atoms with Gasteiger partial charge in [0.25, 0.3) is 0 Å². The molecule has 6 rings (SSSR count). The predicted octanol–water partition coefficient (Wildman–Crippen LogP) is 7.13. The van der Waals surface area contributed by atoms with Crippen LogP contribution in [0.15, 0.2) is 109 Å². The Balaban J connectivity index is 1.48. The summed E-state index contributed by atoms with van der Waals surface area (Å²) in [5.41, 5.74) is 3.22. The summed E-state index contributed by atoms with van der Waals surface area (Å²) in [4.78, 5) is 14.3. The maximum atomic E-state index is 9.09. The van der Waals surface area contributed by atoms with E-state index in [1.807, 2.05) is 48.5 Å². The van der Waals surface area contributed by atoms with Crippen molar-refractivity contribution in [2.45, 2.75) is 0 Å². The molecule has 0 atom stereocenters. The van der Waals surface area contributed by atoms with Crippen LogP contribution in [-0.2, 0) is 0 Å². The highest BCUT2D eigenvalue weighted by Crippen LogP contribution is 2.28. The van der Waals surface area contributed by atoms with Crippen LogP contribution in [0.2, 0.25) is 0 Å². The third-order valence-electron chi connectivity index (χ3n) is 5.92. The Bertz CT molecular complexity index is 1640. The highest BCUT2D eigenvalue weighted by atomic mass is 15.2. The van der Waals surface area contributed by atoms with E-state index in [4.69, 9.17) is 20.2 Å². The van der Waals surface area contributed by atoms with Crippen LogP contribution in [0.5, 0.6) is 0 Å². The lowest BCUT2D eigenvalue weighted by atomic mass is 10.1. The van der Waals surface area contributed by atoms with Crippen molar-refractivity contribution in [2.75, 3.05) is 5.32 Å². The van der Waals surface area contributed by atoms with Crippen molar-refractivity contribution >= 4 is 33.2 Å². The van der Waals surface area contributed by atoms with E-state index in [0.717, 1.165) is 38.4 Å². The second kappa shape index (κ2) is 8.69. The summed E-state index contributed by atoms with van der Waals surface area (Å²) in [6.45, 7) is 0. The Morgan fingerprint density at radius 3 is 1.57 bits per heavy atom. The molecule has 0 aliphatic heterocycles. The van der Waals surface area contributed by atoms with Crippen LogP contribution in [-0.4, -0.2) is 15.0 Å². The smallest absolute Gasteiger partial charge is 0.231 e. The van der Waals surface area contributed by atoms with Crippen LogP contribution in [0.3, 0.4) is 0 Å². The molecule has 1 N–H and O–H groups in total. The number of hydrogen-bond acceptors (Lipinski definition) is 5. The standard InChI is InChI=1S/C30H19N5/c31-19-20-9-15-27(16-10-20)32-30-34-28(25-13-11-21-5-1-3-7-23(21)17-25)33-29(35-30)26-14-12-22-6-2-4-8-24(22)18-26/h1-18H,(H,32,33,34,35). The number of benzene rings is 5. The highest BCUT2D eigenvalue weighted by molar-refractivity contribution is 5.88. The van der Waals surface area contributed by atoms with Gasteiger partial charge in [-0.3, -0.25) is 0 Å². The molecule has 0 radical (unpaired) electrons. The number of aromatic nitrogens is 3. The fourth-order valence-electron chi connectivity index (χ4n) is 4.10. The molecule has 0 saturated carbocycles. The Hall–Kier alpha value is -5.08. The van der Waals surface area contributed by atoms with Crippen molar-refractivity contribution in [3.05, 3.63) is 115 Å². The second-order valence-electron chi connectivity index (χ2n) is 8.24. The molecule has 35 heavy (non-hydrogen) atoms. The van der Waals surface area contributed by atoms with Crippen LogP contribution in [0.4, 0.5) is 11.6 Å². The minimum atomic E-state index is 0.441. The minimum Gasteiger partial charge on any atom is -0.324 e. The molecule has 1 aromatic heterocycles. The molecular weight excluding hydrogens is 430 g/mol. The van der Waals surface area contributed by atoms with Crippen LogP contribution in [0.25, 0.3) is 44.3 Å². The topological polar surface area (TPSA) is 74.5 Å². The SMILES string of the molecule is N#Cc1ccc(Nc2nc(-c3ccc4ccccc4c3)nc(-c3ccc4ccccc4c3)n2)cc1. The molecule has 0 spiro atoms. The Labute approximate surface area is 202 Å². The van der Waals surface area contributed by atoms with E-state index < -0.39 is 0 Å². The number of nitriles is 1. The number of anilines is 2. The molecule has 0 fully saturated rings. The third-order valence-corrected chi connectivity index (χ3v) is 5.92. The van der Waals surface area contributed by atoms with Crippen LogP contribution >= 0.6 is 0 Å². The normalized spacial score (nSPS) is 10.8. The van der Waals surface area contributed by atoms with Gasteiger partial charge in [0.15, 0.2) is 11.6 Å². The molecule has 0 aliphatic rings. The molecule has 5 aromatic carbocycles. The first kappa shape index (κ1) is 20.5. The zero-order chi connectivity index (χ0) is 23.6. The van der Waals surface area contributed by atoms with Gasteiger partial charge in [-0.15, -0.1) is 0 Å². The van der Waals surface area contributed by atoms with Crippen LogP contribution in [0, 0.1) is 11.3 Å². The van der Waals surface area contributed by atoms with Gasteiger partial charge in [0.1, 0.15) is 0 Å². The summed E-state index contributed by atoms with van der Waals surface area (Å²) in [6, 6.07) is 38.2. The van der Waals surface area contributed by atoms with Crippen molar-refractivity contribution in [3.8, 4) is 28.8 Å². The fourth-order valence-corrected chi connectivity index (χ4v) is 4.10. The van der Waals surface area contributed by atoms with Crippen molar-refractivity contribution in [1.82, 2.24) is 15.0 Å². The minimum absolute atomic E-state index is 0.441. The lowest BCUT2D eigenvalue weighted by Crippen LogP contribution is -2.03. The molecule has 0 amide bonds. The molecule has 0 unspecified atom stereocenters. The average molecular weight is 450 g/mol. The molecule has 0 aliphatic carbocycles. The van der Waals surface area contributed by atoms with Crippen molar-refractivity contribution < 1.29 is 0 Å². The fraction of sp³-hybridized carbons (Fsp3) is 0. The monoisotopic (exact) mass is 449 g/mol. The highest BCUT2D eigenvalue weighted by Gasteiger charge is 2.12. The van der Waals surface area contributed by atoms with Gasteiger partial charge < -0.3 is 5.32 Å². The zero-order valence-corrected chi connectivity index (χ0v) is 18.7. The first-order valence-corrected chi connectivity index (χ1v) is 11.3. The number of fused-ring (bicyclic) bond motifs is 2. The van der Waals surface area contributed by atoms with Crippen molar-refractivity contribution in [2.24, 2.45) is 0 Å². The Morgan fingerprint density at radius 2 is 1.06 bits per heavy atom. The van der Waals surface area contributed by atoms with E-state index in [1.54, 1.807) is 12.1 Å². The molecule has 6 aromatic rings. The zero-order valence-electron chi connectivity index (χ0n) is 18.7. The second-order valence-corrected chi connectivity index (χ2v) is 8.24. The molecule has 0 saturated heterocycles. The summed E-state index contributed by atoms with van der Waals surface area (Å²) in [5, 5.41) is 16.9. The summed E-state index contributed by atoms with van der Waals surface area (Å²) in [7, 11) is 0. The van der Waals surface area contributed by atoms with Gasteiger partial charge in [-0.05, 0) is 57.9 Å². The van der Waals surface area contributed by atoms with Gasteiger partial charge in [0.05, 0.1) is 11.6 Å². The van der Waals surface area contributed by atoms with Crippen molar-refractivity contribution in [1.29, 1.82) is 5.26 Å². The van der Waals surface area contributed by atoms with Gasteiger partial charge in [0.2, 0.25) is 5.95 Å². The first-order valence-electron chi connectivity index (χ1n) is 11.3. The van der Waals surface area contributed by atoms with Crippen LogP contribution < -0.4 is 5.32 Å². The van der Waals surface area contributed by atoms with Gasteiger partial charge in [-0.2, -0.15) is 15.2 Å². The van der Waals surface area contributed by atoms with Crippen LogP contribution in [0.1, 0.15) is 5.56 Å². The maximum Gasteiger partial charge on any atom is 0.231 e. The molecule has 5 nitrogen and oxygen atoms in total. The molecular formula is C30H19N5. The maximum absolute atomic E-state index is 9.09. The molecule has 1 heterocycles. The van der Waals surface area contributed by atoms with E-state index >= 15 is 0 Å². The predicted molar refractivity (Wildman–Crippen MR) is 140 cm³/mol. The number of rotatable bonds is 4. The number of hydrogen-bond donors (Lipinski definition) is 1. The van der Waals surface area contributed by atoms with Gasteiger partial charge in [0, 0.05) is 16.8 Å². The van der Waals surface area contributed by atoms with Gasteiger partial charge >= 0.3 is 0 Å². The summed E-state index contributed by atoms with van der Waals surface area (Å²) in [5.74, 6) is 1.62. The summed E-state index contributed by atoms with van der Waals surface area (Å²) < 4.78 is 0. The van der Waals surface area contributed by atoms with E-state index in [9.17, 15) is 0 Å². The van der Waals surface area contributed by atoms with E-state index in [0.29, 0.717) is 23.2 Å². The molecule has 5 heteroatoms. The van der Waals surface area contributed by atoms with E-state index in [-0.39, 0.29) is 0 Å². The summed E-state index contributed by atoms with van der Waals surface area (Å²) in [6.07, 6.45) is 0. The Kier molecular flexibility index (Phi) is 5.10. The molecule has 0 bridgehead atoms. The summed E-state index contributed by atoms with van der Waals surface area (Å²) >= 11 is 0. The van der Waals surface area contributed by atoms with Gasteiger partial charge in [-0.25, -0.2) is 4.98 Å². The quantitative estimate of drug-likeness (QED) is 0.310. The number of nitrogens with one attached hydrogen (secondary N) is 1. The molecule has 164 valence electrons. The van der Waals surface area contributed by atoms with E-state index in [2.05, 4.69) is 59.9 Å².